The maximum absolute atomic E-state index is 13.1. The molecule has 5 nitrogen and oxygen atoms in total. The lowest BCUT2D eigenvalue weighted by molar-refractivity contribution is -0.136. The quantitative estimate of drug-likeness (QED) is 0.824. The number of carbonyl (C=O) groups excluding carboxylic acids is 1. The van der Waals surface area contributed by atoms with Crippen LogP contribution in [-0.4, -0.2) is 54.7 Å². The standard InChI is InChI=1S/C18H21N3O2S2/c22-17(20-4-6-23-7-5-20)15-9-14-18(21(15)10-12-1-2-12)25-16(19-14)13-3-8-24-11-13/h3,8,11-12,15H,1-2,4-7,9-10H2. The molecular formula is C18H21N3O2S2. The zero-order valence-corrected chi connectivity index (χ0v) is 15.7. The molecule has 1 atom stereocenters. The predicted octanol–water partition coefficient (Wildman–Crippen LogP) is 2.87. The van der Waals surface area contributed by atoms with E-state index in [1.54, 1.807) is 22.7 Å². The smallest absolute Gasteiger partial charge is 0.245 e. The number of hydrogen-bond acceptors (Lipinski definition) is 6. The third kappa shape index (κ3) is 2.98. The van der Waals surface area contributed by atoms with Gasteiger partial charge in [0.25, 0.3) is 0 Å². The zero-order chi connectivity index (χ0) is 16.8. The number of hydrogen-bond donors (Lipinski definition) is 0. The molecule has 2 fully saturated rings. The molecule has 0 spiro atoms. The summed E-state index contributed by atoms with van der Waals surface area (Å²) < 4.78 is 5.40. The number of carbonyl (C=O) groups is 1. The van der Waals surface area contributed by atoms with Gasteiger partial charge in [-0.25, -0.2) is 4.98 Å². The monoisotopic (exact) mass is 375 g/mol. The van der Waals surface area contributed by atoms with Crippen molar-refractivity contribution in [2.75, 3.05) is 37.7 Å². The first-order chi connectivity index (χ1) is 12.3. The minimum atomic E-state index is -0.0658. The predicted molar refractivity (Wildman–Crippen MR) is 100 cm³/mol. The van der Waals surface area contributed by atoms with Gasteiger partial charge >= 0.3 is 0 Å². The molecule has 0 N–H and O–H groups in total. The van der Waals surface area contributed by atoms with Crippen LogP contribution >= 0.6 is 22.7 Å². The van der Waals surface area contributed by atoms with Crippen molar-refractivity contribution in [2.45, 2.75) is 25.3 Å². The van der Waals surface area contributed by atoms with E-state index < -0.39 is 0 Å². The van der Waals surface area contributed by atoms with Crippen molar-refractivity contribution in [1.82, 2.24) is 9.88 Å². The molecule has 0 radical (unpaired) electrons. The van der Waals surface area contributed by atoms with Gasteiger partial charge < -0.3 is 14.5 Å². The molecular weight excluding hydrogens is 354 g/mol. The number of morpholine rings is 1. The van der Waals surface area contributed by atoms with Crippen LogP contribution in [0.2, 0.25) is 0 Å². The fraction of sp³-hybridized carbons (Fsp3) is 0.556. The molecule has 25 heavy (non-hydrogen) atoms. The van der Waals surface area contributed by atoms with E-state index >= 15 is 0 Å². The lowest BCUT2D eigenvalue weighted by Gasteiger charge is -2.33. The van der Waals surface area contributed by atoms with Crippen molar-refractivity contribution in [1.29, 1.82) is 0 Å². The molecule has 5 rings (SSSR count). The summed E-state index contributed by atoms with van der Waals surface area (Å²) in [7, 11) is 0. The number of fused-ring (bicyclic) bond motifs is 1. The third-order valence-electron chi connectivity index (χ3n) is 5.23. The summed E-state index contributed by atoms with van der Waals surface area (Å²) in [4.78, 5) is 22.3. The Morgan fingerprint density at radius 3 is 2.88 bits per heavy atom. The van der Waals surface area contributed by atoms with Crippen molar-refractivity contribution >= 4 is 33.6 Å². The molecule has 1 saturated heterocycles. The summed E-state index contributed by atoms with van der Waals surface area (Å²) in [5, 5.41) is 6.55. The summed E-state index contributed by atoms with van der Waals surface area (Å²) in [5.74, 6) is 1.00. The summed E-state index contributed by atoms with van der Waals surface area (Å²) >= 11 is 3.45. The first-order valence-corrected chi connectivity index (χ1v) is 10.7. The highest BCUT2D eigenvalue weighted by atomic mass is 32.1. The molecule has 3 aliphatic rings. The van der Waals surface area contributed by atoms with Crippen molar-refractivity contribution in [3.8, 4) is 10.6 Å². The van der Waals surface area contributed by atoms with Crippen molar-refractivity contribution < 1.29 is 9.53 Å². The van der Waals surface area contributed by atoms with Gasteiger partial charge in [0.1, 0.15) is 16.1 Å². The summed E-state index contributed by atoms with van der Waals surface area (Å²) in [6.07, 6.45) is 3.33. The van der Waals surface area contributed by atoms with E-state index in [-0.39, 0.29) is 11.9 Å². The summed E-state index contributed by atoms with van der Waals surface area (Å²) in [6.45, 7) is 3.74. The van der Waals surface area contributed by atoms with Gasteiger partial charge in [0.05, 0.1) is 18.9 Å². The maximum Gasteiger partial charge on any atom is 0.245 e. The Labute approximate surface area is 155 Å². The van der Waals surface area contributed by atoms with Crippen LogP contribution in [0.15, 0.2) is 16.8 Å². The van der Waals surface area contributed by atoms with Crippen LogP contribution in [0.4, 0.5) is 5.00 Å². The number of anilines is 1. The van der Waals surface area contributed by atoms with Gasteiger partial charge in [0, 0.05) is 37.0 Å². The number of nitrogens with zero attached hydrogens (tertiary/aromatic N) is 3. The minimum absolute atomic E-state index is 0.0658. The van der Waals surface area contributed by atoms with E-state index in [0.29, 0.717) is 26.3 Å². The van der Waals surface area contributed by atoms with Crippen LogP contribution in [0.3, 0.4) is 0 Å². The Morgan fingerprint density at radius 2 is 2.16 bits per heavy atom. The van der Waals surface area contributed by atoms with Crippen LogP contribution in [0.1, 0.15) is 18.5 Å². The molecule has 1 unspecified atom stereocenters. The SMILES string of the molecule is O=C(C1Cc2nc(-c3ccsc3)sc2N1CC1CC1)N1CCOCC1. The van der Waals surface area contributed by atoms with Crippen LogP contribution < -0.4 is 4.90 Å². The second kappa shape index (κ2) is 6.37. The first kappa shape index (κ1) is 15.8. The van der Waals surface area contributed by atoms with E-state index in [2.05, 4.69) is 21.7 Å². The number of ether oxygens (including phenoxy) is 1. The molecule has 1 amide bonds. The lowest BCUT2D eigenvalue weighted by Crippen LogP contribution is -2.51. The fourth-order valence-electron chi connectivity index (χ4n) is 3.65. The molecule has 2 aromatic heterocycles. The van der Waals surface area contributed by atoms with E-state index in [0.717, 1.165) is 29.6 Å². The van der Waals surface area contributed by atoms with Crippen molar-refractivity contribution in [3.05, 3.63) is 22.5 Å². The van der Waals surface area contributed by atoms with Gasteiger partial charge in [-0.1, -0.05) is 11.3 Å². The fourth-order valence-corrected chi connectivity index (χ4v) is 5.51. The largest absolute Gasteiger partial charge is 0.378 e. The second-order valence-corrected chi connectivity index (χ2v) is 8.79. The van der Waals surface area contributed by atoms with Crippen LogP contribution in [0, 0.1) is 5.92 Å². The Balaban J connectivity index is 1.42. The number of rotatable bonds is 4. The van der Waals surface area contributed by atoms with Gasteiger partial charge in [0.2, 0.25) is 5.91 Å². The summed E-state index contributed by atoms with van der Waals surface area (Å²) in [5.41, 5.74) is 2.31. The number of thiophene rings is 1. The molecule has 1 aliphatic carbocycles. The van der Waals surface area contributed by atoms with Crippen molar-refractivity contribution in [2.24, 2.45) is 5.92 Å². The van der Waals surface area contributed by atoms with E-state index in [1.807, 2.05) is 4.90 Å². The van der Waals surface area contributed by atoms with Gasteiger partial charge in [-0.2, -0.15) is 11.3 Å². The van der Waals surface area contributed by atoms with E-state index in [4.69, 9.17) is 9.72 Å². The van der Waals surface area contributed by atoms with Crippen LogP contribution in [-0.2, 0) is 16.0 Å². The minimum Gasteiger partial charge on any atom is -0.378 e. The topological polar surface area (TPSA) is 45.7 Å². The number of amides is 1. The Kier molecular flexibility index (Phi) is 4.03. The normalized spacial score (nSPS) is 23.1. The first-order valence-electron chi connectivity index (χ1n) is 8.95. The number of aromatic nitrogens is 1. The second-order valence-electron chi connectivity index (χ2n) is 7.04. The highest BCUT2D eigenvalue weighted by molar-refractivity contribution is 7.19. The van der Waals surface area contributed by atoms with Gasteiger partial charge in [-0.15, -0.1) is 0 Å². The lowest BCUT2D eigenvalue weighted by atomic mass is 10.1. The van der Waals surface area contributed by atoms with Crippen molar-refractivity contribution in [3.63, 3.8) is 0 Å². The molecule has 1 saturated carbocycles. The molecule has 0 bridgehead atoms. The molecule has 0 aromatic carbocycles. The summed E-state index contributed by atoms with van der Waals surface area (Å²) in [6, 6.07) is 2.06. The number of thiazole rings is 1. The Hall–Kier alpha value is -1.44. The van der Waals surface area contributed by atoms with Crippen LogP contribution in [0.25, 0.3) is 10.6 Å². The molecule has 7 heteroatoms. The third-order valence-corrected chi connectivity index (χ3v) is 7.10. The van der Waals surface area contributed by atoms with Gasteiger partial charge in [-0.05, 0) is 30.2 Å². The maximum atomic E-state index is 13.1. The van der Waals surface area contributed by atoms with E-state index in [9.17, 15) is 4.79 Å². The van der Waals surface area contributed by atoms with Gasteiger partial charge in [0.15, 0.2) is 0 Å². The Bertz CT molecular complexity index is 763. The Morgan fingerprint density at radius 1 is 1.32 bits per heavy atom. The van der Waals surface area contributed by atoms with Crippen LogP contribution in [0.5, 0.6) is 0 Å². The van der Waals surface area contributed by atoms with E-state index in [1.165, 1.54) is 23.4 Å². The molecule has 4 heterocycles. The highest BCUT2D eigenvalue weighted by Gasteiger charge is 2.41. The average Bonchev–Trinajstić information content (AvgIpc) is 3.02. The molecule has 2 aliphatic heterocycles. The average molecular weight is 376 g/mol. The molecule has 2 aromatic rings. The molecule has 132 valence electrons. The highest BCUT2D eigenvalue weighted by Crippen LogP contribution is 2.44. The van der Waals surface area contributed by atoms with Gasteiger partial charge in [-0.3, -0.25) is 4.79 Å². The zero-order valence-electron chi connectivity index (χ0n) is 14.0.